The van der Waals surface area contributed by atoms with Crippen molar-refractivity contribution in [2.45, 2.75) is 0 Å². The fraction of sp³-hybridized carbons (Fsp3) is 0.143. The molecule has 0 heterocycles. The number of phenols is 1. The van der Waals surface area contributed by atoms with Crippen molar-refractivity contribution in [2.75, 3.05) is 7.11 Å². The molecule has 0 aliphatic carbocycles. The van der Waals surface area contributed by atoms with Gasteiger partial charge >= 0.3 is 29.6 Å². The summed E-state index contributed by atoms with van der Waals surface area (Å²) in [6.07, 6.45) is 0. The molecule has 1 aromatic rings. The number of non-ortho nitro benzene ring substituents is 1. The molecule has 18 heavy (non-hydrogen) atoms. The minimum Gasteiger partial charge on any atom is -0.756 e. The summed E-state index contributed by atoms with van der Waals surface area (Å²) >= 11 is 0. The normalized spacial score (nSPS) is 9.56. The summed E-state index contributed by atoms with van der Waals surface area (Å²) in [6.45, 7) is 0. The first kappa shape index (κ1) is 19.7. The van der Waals surface area contributed by atoms with Crippen LogP contribution in [-0.4, -0.2) is 26.9 Å². The second kappa shape index (κ2) is 8.44. The van der Waals surface area contributed by atoms with E-state index in [1.807, 2.05) is 0 Å². The number of phosphoric acid groups is 1. The Hall–Kier alpha value is -0.670. The van der Waals surface area contributed by atoms with Gasteiger partial charge in [0, 0.05) is 6.07 Å². The summed E-state index contributed by atoms with van der Waals surface area (Å²) in [6, 6.07) is 3.59. The number of aromatic hydroxyl groups is 1. The van der Waals surface area contributed by atoms with E-state index in [9.17, 15) is 10.1 Å². The molecule has 0 aliphatic heterocycles. The predicted molar refractivity (Wildman–Crippen MR) is 53.4 cm³/mol. The average Bonchev–Trinajstić information content (AvgIpc) is 2.15. The largest absolute Gasteiger partial charge is 1.00 e. The van der Waals surface area contributed by atoms with E-state index >= 15 is 0 Å². The molecular formula is C7H9NNaO8P. The quantitative estimate of drug-likeness (QED) is 0.222. The molecular weight excluding hydrogens is 280 g/mol. The van der Waals surface area contributed by atoms with Crippen LogP contribution < -0.4 is 39.2 Å². The van der Waals surface area contributed by atoms with Crippen LogP contribution in [0.5, 0.6) is 11.5 Å². The fourth-order valence-corrected chi connectivity index (χ4v) is 0.780. The molecule has 0 fully saturated rings. The number of hydrogen-bond donors (Lipinski definition) is 3. The van der Waals surface area contributed by atoms with Crippen molar-refractivity contribution in [3.63, 3.8) is 0 Å². The van der Waals surface area contributed by atoms with Crippen molar-refractivity contribution in [3.8, 4) is 11.5 Å². The molecule has 0 aliphatic rings. The first-order chi connectivity index (χ1) is 7.65. The van der Waals surface area contributed by atoms with E-state index in [-0.39, 0.29) is 46.7 Å². The Kier molecular flexibility index (Phi) is 9.22. The molecule has 0 saturated heterocycles. The van der Waals surface area contributed by atoms with Crippen LogP contribution in [0.4, 0.5) is 5.69 Å². The zero-order valence-electron chi connectivity index (χ0n) is 9.51. The van der Waals surface area contributed by atoms with Crippen molar-refractivity contribution >= 4 is 13.5 Å². The minimum absolute atomic E-state index is 0. The number of nitro groups is 1. The van der Waals surface area contributed by atoms with E-state index in [0.717, 1.165) is 6.07 Å². The number of methoxy groups -OCH3 is 1. The summed E-state index contributed by atoms with van der Waals surface area (Å²) in [5.74, 6) is -0.00713. The number of nitrogens with zero attached hydrogens (tertiary/aromatic N) is 1. The van der Waals surface area contributed by atoms with Crippen molar-refractivity contribution in [2.24, 2.45) is 0 Å². The number of phenolic OH excluding ortho intramolecular Hbond substituents is 1. The Bertz CT molecular complexity index is 439. The second-order valence-corrected chi connectivity index (χ2v) is 3.58. The van der Waals surface area contributed by atoms with Crippen LogP contribution in [0, 0.1) is 10.1 Å². The fourth-order valence-electron chi connectivity index (χ4n) is 0.780. The van der Waals surface area contributed by atoms with E-state index in [0.29, 0.717) is 0 Å². The average molecular weight is 289 g/mol. The maximum Gasteiger partial charge on any atom is 1.00 e. The van der Waals surface area contributed by atoms with Crippen molar-refractivity contribution in [1.29, 1.82) is 0 Å². The van der Waals surface area contributed by atoms with E-state index < -0.39 is 12.7 Å². The summed E-state index contributed by atoms with van der Waals surface area (Å²) < 4.78 is 13.5. The van der Waals surface area contributed by atoms with Crippen LogP contribution >= 0.6 is 7.82 Å². The van der Waals surface area contributed by atoms with Crippen LogP contribution in [0.2, 0.25) is 0 Å². The maximum absolute atomic E-state index is 10.2. The molecule has 1 aromatic carbocycles. The van der Waals surface area contributed by atoms with E-state index in [1.54, 1.807) is 0 Å². The molecule has 96 valence electrons. The Morgan fingerprint density at radius 1 is 1.39 bits per heavy atom. The van der Waals surface area contributed by atoms with E-state index in [4.69, 9.17) is 24.4 Å². The first-order valence-corrected chi connectivity index (χ1v) is 5.46. The van der Waals surface area contributed by atoms with Gasteiger partial charge in [-0.05, 0) is 6.07 Å². The number of ether oxygens (including phenoxy) is 1. The maximum atomic E-state index is 10.2. The second-order valence-electron chi connectivity index (χ2n) is 2.60. The third kappa shape index (κ3) is 9.37. The van der Waals surface area contributed by atoms with Gasteiger partial charge in [0.2, 0.25) is 0 Å². The van der Waals surface area contributed by atoms with Crippen molar-refractivity contribution < 1.29 is 63.6 Å². The predicted octanol–water partition coefficient (Wildman–Crippen LogP) is -3.25. The van der Waals surface area contributed by atoms with Gasteiger partial charge in [0.1, 0.15) is 0 Å². The Morgan fingerprint density at radius 2 is 1.83 bits per heavy atom. The van der Waals surface area contributed by atoms with Gasteiger partial charge in [-0.2, -0.15) is 0 Å². The number of benzene rings is 1. The van der Waals surface area contributed by atoms with Crippen LogP contribution in [0.15, 0.2) is 18.2 Å². The summed E-state index contributed by atoms with van der Waals surface area (Å²) in [4.78, 5) is 32.6. The smallest absolute Gasteiger partial charge is 0.756 e. The van der Waals surface area contributed by atoms with Gasteiger partial charge in [0.25, 0.3) is 13.5 Å². The van der Waals surface area contributed by atoms with E-state index in [1.165, 1.54) is 19.2 Å². The monoisotopic (exact) mass is 289 g/mol. The van der Waals surface area contributed by atoms with Crippen LogP contribution in [0.1, 0.15) is 0 Å². The summed E-state index contributed by atoms with van der Waals surface area (Å²) in [5.41, 5.74) is -0.107. The molecule has 0 atom stereocenters. The van der Waals surface area contributed by atoms with Crippen LogP contribution in [-0.2, 0) is 4.57 Å². The molecule has 1 rings (SSSR count). The Balaban J connectivity index is 0. The standard InChI is InChI=1S/C7H7NO4.Na.H3O4P/c1-12-7-4-5(8(10)11)2-3-6(7)9;;1-5(2,3)4/h2-4,9H,1H3;;(H3,1,2,3,4)/q;+1;/p-1. The van der Waals surface area contributed by atoms with Gasteiger partial charge in [-0.3, -0.25) is 14.7 Å². The van der Waals surface area contributed by atoms with Gasteiger partial charge in [0.15, 0.2) is 11.5 Å². The number of hydrogen-bond acceptors (Lipinski definition) is 6. The van der Waals surface area contributed by atoms with Gasteiger partial charge in [0.05, 0.1) is 18.1 Å². The molecule has 9 nitrogen and oxygen atoms in total. The molecule has 3 N–H and O–H groups in total. The third-order valence-electron chi connectivity index (χ3n) is 1.37. The topological polar surface area (TPSA) is 153 Å². The van der Waals surface area contributed by atoms with Crippen molar-refractivity contribution in [1.82, 2.24) is 0 Å². The van der Waals surface area contributed by atoms with Crippen LogP contribution in [0.25, 0.3) is 0 Å². The third-order valence-corrected chi connectivity index (χ3v) is 1.37. The molecule has 11 heteroatoms. The van der Waals surface area contributed by atoms with Gasteiger partial charge in [-0.1, -0.05) is 0 Å². The molecule has 0 saturated carbocycles. The number of nitro benzene ring substituents is 1. The molecule has 0 aromatic heterocycles. The zero-order chi connectivity index (χ0) is 13.6. The molecule has 0 unspecified atom stereocenters. The summed E-state index contributed by atoms with van der Waals surface area (Å²) in [7, 11) is -3.56. The number of rotatable bonds is 2. The Morgan fingerprint density at radius 3 is 2.17 bits per heavy atom. The van der Waals surface area contributed by atoms with Gasteiger partial charge in [-0.25, -0.2) is 0 Å². The molecule has 0 amide bonds. The van der Waals surface area contributed by atoms with Crippen LogP contribution in [0.3, 0.4) is 0 Å². The first-order valence-electron chi connectivity index (χ1n) is 3.93. The Labute approximate surface area is 124 Å². The SMILES string of the molecule is COc1cc([N+](=O)[O-])ccc1O.O=P([O-])(O)O.[Na+]. The van der Waals surface area contributed by atoms with Gasteiger partial charge < -0.3 is 24.5 Å². The molecule has 0 spiro atoms. The molecule has 0 bridgehead atoms. The van der Waals surface area contributed by atoms with E-state index in [2.05, 4.69) is 4.74 Å². The zero-order valence-corrected chi connectivity index (χ0v) is 12.4. The molecule has 0 radical (unpaired) electrons. The minimum atomic E-state index is -4.89. The van der Waals surface area contributed by atoms with Crippen molar-refractivity contribution in [3.05, 3.63) is 28.3 Å². The van der Waals surface area contributed by atoms with Gasteiger partial charge in [-0.15, -0.1) is 0 Å². The summed E-state index contributed by atoms with van der Waals surface area (Å²) in [5, 5.41) is 19.3.